The lowest BCUT2D eigenvalue weighted by Crippen LogP contribution is -1.86. The normalized spacial score (nSPS) is 10.9. The van der Waals surface area contributed by atoms with E-state index >= 15 is 0 Å². The Labute approximate surface area is 102 Å². The second-order valence-electron chi connectivity index (χ2n) is 3.95. The van der Waals surface area contributed by atoms with Gasteiger partial charge in [0.1, 0.15) is 5.75 Å². The average molecular weight is 224 g/mol. The molecule has 0 amide bonds. The van der Waals surface area contributed by atoms with Crippen molar-refractivity contribution in [1.29, 1.82) is 0 Å². The van der Waals surface area contributed by atoms with Crippen LogP contribution in [0.2, 0.25) is 0 Å². The zero-order valence-corrected chi connectivity index (χ0v) is 9.93. The molecule has 0 aliphatic rings. The van der Waals surface area contributed by atoms with E-state index in [1.165, 1.54) is 0 Å². The van der Waals surface area contributed by atoms with Crippen LogP contribution in [0.5, 0.6) is 5.75 Å². The SMILES string of the molecule is CCc1cccc(O)c1C=Cc1ccccc1. The molecule has 2 aromatic carbocycles. The van der Waals surface area contributed by atoms with Crippen LogP contribution < -0.4 is 0 Å². The summed E-state index contributed by atoms with van der Waals surface area (Å²) in [6.45, 7) is 2.09. The highest BCUT2D eigenvalue weighted by Gasteiger charge is 2.02. The molecule has 0 heterocycles. The van der Waals surface area contributed by atoms with Crippen molar-refractivity contribution in [2.24, 2.45) is 0 Å². The Morgan fingerprint density at radius 3 is 2.41 bits per heavy atom. The van der Waals surface area contributed by atoms with E-state index < -0.39 is 0 Å². The Balaban J connectivity index is 2.33. The minimum absolute atomic E-state index is 0.344. The first-order chi connectivity index (χ1) is 8.31. The largest absolute Gasteiger partial charge is 0.507 e. The van der Waals surface area contributed by atoms with Crippen LogP contribution in [0, 0.1) is 0 Å². The van der Waals surface area contributed by atoms with Crippen LogP contribution in [0.3, 0.4) is 0 Å². The van der Waals surface area contributed by atoms with Gasteiger partial charge < -0.3 is 5.11 Å². The minimum atomic E-state index is 0.344. The summed E-state index contributed by atoms with van der Waals surface area (Å²) in [5.74, 6) is 0.344. The lowest BCUT2D eigenvalue weighted by Gasteiger charge is -2.05. The van der Waals surface area contributed by atoms with Crippen molar-refractivity contribution >= 4 is 12.2 Å². The third kappa shape index (κ3) is 2.76. The van der Waals surface area contributed by atoms with Gasteiger partial charge in [0.25, 0.3) is 0 Å². The van der Waals surface area contributed by atoms with Gasteiger partial charge in [0.05, 0.1) is 0 Å². The number of hydrogen-bond acceptors (Lipinski definition) is 1. The predicted molar refractivity (Wildman–Crippen MR) is 72.9 cm³/mol. The van der Waals surface area contributed by atoms with Crippen LogP contribution in [-0.4, -0.2) is 5.11 Å². The monoisotopic (exact) mass is 224 g/mol. The molecule has 1 nitrogen and oxygen atoms in total. The minimum Gasteiger partial charge on any atom is -0.507 e. The van der Waals surface area contributed by atoms with Gasteiger partial charge in [-0.15, -0.1) is 0 Å². The van der Waals surface area contributed by atoms with Gasteiger partial charge in [-0.1, -0.05) is 61.5 Å². The Kier molecular flexibility index (Phi) is 3.61. The van der Waals surface area contributed by atoms with Crippen molar-refractivity contribution in [1.82, 2.24) is 0 Å². The maximum Gasteiger partial charge on any atom is 0.123 e. The van der Waals surface area contributed by atoms with E-state index in [2.05, 4.69) is 6.92 Å². The first-order valence-corrected chi connectivity index (χ1v) is 5.85. The summed E-state index contributed by atoms with van der Waals surface area (Å²) in [7, 11) is 0. The summed E-state index contributed by atoms with van der Waals surface area (Å²) in [5.41, 5.74) is 3.22. The Hall–Kier alpha value is -2.02. The van der Waals surface area contributed by atoms with Crippen LogP contribution in [-0.2, 0) is 6.42 Å². The maximum absolute atomic E-state index is 9.85. The topological polar surface area (TPSA) is 20.2 Å². The van der Waals surface area contributed by atoms with Crippen LogP contribution in [0.4, 0.5) is 0 Å². The molecule has 0 aliphatic heterocycles. The summed E-state index contributed by atoms with van der Waals surface area (Å²) in [5, 5.41) is 9.85. The molecule has 0 aromatic heterocycles. The van der Waals surface area contributed by atoms with E-state index in [4.69, 9.17) is 0 Å². The van der Waals surface area contributed by atoms with Gasteiger partial charge in [0, 0.05) is 5.56 Å². The quantitative estimate of drug-likeness (QED) is 0.777. The molecule has 0 aliphatic carbocycles. The second-order valence-corrected chi connectivity index (χ2v) is 3.95. The number of phenols is 1. The zero-order chi connectivity index (χ0) is 12.1. The third-order valence-corrected chi connectivity index (χ3v) is 2.80. The highest BCUT2D eigenvalue weighted by atomic mass is 16.3. The molecule has 17 heavy (non-hydrogen) atoms. The third-order valence-electron chi connectivity index (χ3n) is 2.80. The molecular formula is C16H16O. The van der Waals surface area contributed by atoms with Crippen molar-refractivity contribution in [2.45, 2.75) is 13.3 Å². The lowest BCUT2D eigenvalue weighted by atomic mass is 10.0. The predicted octanol–water partition coefficient (Wildman–Crippen LogP) is 4.13. The summed E-state index contributed by atoms with van der Waals surface area (Å²) >= 11 is 0. The number of phenolic OH excluding ortho intramolecular Hbond substituents is 1. The molecule has 1 heteroatoms. The van der Waals surface area contributed by atoms with Crippen molar-refractivity contribution in [3.63, 3.8) is 0 Å². The first kappa shape index (κ1) is 11.5. The fourth-order valence-corrected chi connectivity index (χ4v) is 1.84. The fraction of sp³-hybridized carbons (Fsp3) is 0.125. The molecule has 1 N–H and O–H groups in total. The lowest BCUT2D eigenvalue weighted by molar-refractivity contribution is 0.473. The van der Waals surface area contributed by atoms with Gasteiger partial charge in [-0.25, -0.2) is 0 Å². The van der Waals surface area contributed by atoms with Crippen molar-refractivity contribution in [2.75, 3.05) is 0 Å². The maximum atomic E-state index is 9.85. The van der Waals surface area contributed by atoms with Crippen molar-refractivity contribution in [3.8, 4) is 5.75 Å². The first-order valence-electron chi connectivity index (χ1n) is 5.85. The van der Waals surface area contributed by atoms with Gasteiger partial charge >= 0.3 is 0 Å². The number of aryl methyl sites for hydroxylation is 1. The van der Waals surface area contributed by atoms with Gasteiger partial charge in [-0.2, -0.15) is 0 Å². The Morgan fingerprint density at radius 2 is 1.71 bits per heavy atom. The van der Waals surface area contributed by atoms with E-state index in [0.717, 1.165) is 23.1 Å². The highest BCUT2D eigenvalue weighted by molar-refractivity contribution is 5.74. The van der Waals surface area contributed by atoms with Gasteiger partial charge in [-0.05, 0) is 23.6 Å². The standard InChI is InChI=1S/C16H16O/c1-2-14-9-6-10-16(17)15(14)12-11-13-7-4-3-5-8-13/h3-12,17H,2H2,1H3. The molecule has 2 rings (SSSR count). The zero-order valence-electron chi connectivity index (χ0n) is 9.93. The smallest absolute Gasteiger partial charge is 0.123 e. The molecule has 0 unspecified atom stereocenters. The van der Waals surface area contributed by atoms with Crippen LogP contribution in [0.25, 0.3) is 12.2 Å². The van der Waals surface area contributed by atoms with E-state index in [1.54, 1.807) is 6.07 Å². The van der Waals surface area contributed by atoms with E-state index in [-0.39, 0.29) is 0 Å². The highest BCUT2D eigenvalue weighted by Crippen LogP contribution is 2.23. The van der Waals surface area contributed by atoms with Gasteiger partial charge in [-0.3, -0.25) is 0 Å². The van der Waals surface area contributed by atoms with Gasteiger partial charge in [0.2, 0.25) is 0 Å². The molecule has 0 fully saturated rings. The van der Waals surface area contributed by atoms with E-state index in [1.807, 2.05) is 54.6 Å². The fourth-order valence-electron chi connectivity index (χ4n) is 1.84. The van der Waals surface area contributed by atoms with E-state index in [9.17, 15) is 5.11 Å². The molecule has 0 atom stereocenters. The van der Waals surface area contributed by atoms with Crippen LogP contribution in [0.15, 0.2) is 48.5 Å². The van der Waals surface area contributed by atoms with Crippen molar-refractivity contribution in [3.05, 3.63) is 65.2 Å². The Bertz CT molecular complexity index is 512. The molecule has 86 valence electrons. The number of rotatable bonds is 3. The summed E-state index contributed by atoms with van der Waals surface area (Å²) in [6.07, 6.45) is 4.92. The second kappa shape index (κ2) is 5.35. The molecule has 2 aromatic rings. The molecule has 0 spiro atoms. The van der Waals surface area contributed by atoms with E-state index in [0.29, 0.717) is 5.75 Å². The molecule has 0 radical (unpaired) electrons. The molecule has 0 saturated heterocycles. The molecule has 0 bridgehead atoms. The molecule has 0 saturated carbocycles. The average Bonchev–Trinajstić information content (AvgIpc) is 2.38. The summed E-state index contributed by atoms with van der Waals surface area (Å²) in [6, 6.07) is 15.7. The summed E-state index contributed by atoms with van der Waals surface area (Å²) in [4.78, 5) is 0. The summed E-state index contributed by atoms with van der Waals surface area (Å²) < 4.78 is 0. The van der Waals surface area contributed by atoms with Crippen molar-refractivity contribution < 1.29 is 5.11 Å². The van der Waals surface area contributed by atoms with Crippen LogP contribution in [0.1, 0.15) is 23.6 Å². The number of aromatic hydroxyl groups is 1. The van der Waals surface area contributed by atoms with Crippen LogP contribution >= 0.6 is 0 Å². The Morgan fingerprint density at radius 1 is 0.941 bits per heavy atom. The number of hydrogen-bond donors (Lipinski definition) is 1. The van der Waals surface area contributed by atoms with Gasteiger partial charge in [0.15, 0.2) is 0 Å². The molecular weight excluding hydrogens is 208 g/mol. The number of benzene rings is 2.